The van der Waals surface area contributed by atoms with Crippen molar-refractivity contribution in [1.29, 1.82) is 0 Å². The molecule has 0 aromatic heterocycles. The van der Waals surface area contributed by atoms with Gasteiger partial charge < -0.3 is 19.5 Å². The molecule has 1 heterocycles. The molecular weight excluding hydrogens is 333 g/mol. The van der Waals surface area contributed by atoms with E-state index in [9.17, 15) is 18.8 Å². The SMILES string of the molecule is COC(=O)C1=C(C(=O)OC)N(c2cc(C(=O)O)ccc2F)C=CC=C1. The first-order valence-electron chi connectivity index (χ1n) is 6.98. The lowest BCUT2D eigenvalue weighted by atomic mass is 10.1. The van der Waals surface area contributed by atoms with Crippen molar-refractivity contribution in [3.05, 3.63) is 65.3 Å². The number of allylic oxidation sites excluding steroid dienone is 2. The summed E-state index contributed by atoms with van der Waals surface area (Å²) in [5.74, 6) is -3.81. The van der Waals surface area contributed by atoms with Gasteiger partial charge in [0.15, 0.2) is 0 Å². The number of esters is 2. The van der Waals surface area contributed by atoms with E-state index in [1.165, 1.54) is 24.4 Å². The van der Waals surface area contributed by atoms with E-state index in [4.69, 9.17) is 5.11 Å². The summed E-state index contributed by atoms with van der Waals surface area (Å²) in [6.07, 6.45) is 5.52. The van der Waals surface area contributed by atoms with Crippen molar-refractivity contribution in [2.45, 2.75) is 0 Å². The number of benzene rings is 1. The van der Waals surface area contributed by atoms with E-state index in [1.54, 1.807) is 0 Å². The monoisotopic (exact) mass is 347 g/mol. The molecule has 0 fully saturated rings. The molecule has 1 N–H and O–H groups in total. The molecule has 8 heteroatoms. The van der Waals surface area contributed by atoms with Crippen LogP contribution in [0.4, 0.5) is 10.1 Å². The first kappa shape index (κ1) is 17.9. The Hall–Kier alpha value is -3.42. The molecule has 0 saturated heterocycles. The number of halogens is 1. The predicted molar refractivity (Wildman–Crippen MR) is 85.2 cm³/mol. The van der Waals surface area contributed by atoms with E-state index in [1.807, 2.05) is 0 Å². The molecule has 7 nitrogen and oxygen atoms in total. The molecule has 1 aromatic rings. The number of carboxylic acids is 1. The van der Waals surface area contributed by atoms with Gasteiger partial charge in [-0.05, 0) is 30.4 Å². The van der Waals surface area contributed by atoms with Gasteiger partial charge >= 0.3 is 17.9 Å². The summed E-state index contributed by atoms with van der Waals surface area (Å²) in [4.78, 5) is 36.4. The summed E-state index contributed by atoms with van der Waals surface area (Å²) < 4.78 is 23.7. The van der Waals surface area contributed by atoms with Crippen molar-refractivity contribution in [2.75, 3.05) is 19.1 Å². The highest BCUT2D eigenvalue weighted by atomic mass is 19.1. The summed E-state index contributed by atoms with van der Waals surface area (Å²) >= 11 is 0. The first-order chi connectivity index (χ1) is 11.9. The number of hydrogen-bond donors (Lipinski definition) is 1. The van der Waals surface area contributed by atoms with Crippen LogP contribution in [0.5, 0.6) is 0 Å². The van der Waals surface area contributed by atoms with Crippen molar-refractivity contribution >= 4 is 23.6 Å². The molecule has 0 amide bonds. The Kier molecular flexibility index (Phi) is 5.33. The molecule has 0 bridgehead atoms. The lowest BCUT2D eigenvalue weighted by molar-refractivity contribution is -0.139. The molecule has 1 aliphatic heterocycles. The van der Waals surface area contributed by atoms with E-state index in [2.05, 4.69) is 9.47 Å². The Labute approximate surface area is 142 Å². The van der Waals surface area contributed by atoms with Crippen LogP contribution in [0.2, 0.25) is 0 Å². The summed E-state index contributed by atoms with van der Waals surface area (Å²) in [5, 5.41) is 9.10. The van der Waals surface area contributed by atoms with Crippen LogP contribution in [-0.4, -0.2) is 37.2 Å². The number of carbonyl (C=O) groups excluding carboxylic acids is 2. The highest BCUT2D eigenvalue weighted by Gasteiger charge is 2.29. The molecule has 1 aliphatic rings. The number of aromatic carboxylic acids is 1. The highest BCUT2D eigenvalue weighted by Crippen LogP contribution is 2.29. The van der Waals surface area contributed by atoms with E-state index in [-0.39, 0.29) is 22.5 Å². The highest BCUT2D eigenvalue weighted by molar-refractivity contribution is 6.05. The van der Waals surface area contributed by atoms with Crippen molar-refractivity contribution in [1.82, 2.24) is 0 Å². The van der Waals surface area contributed by atoms with Crippen molar-refractivity contribution in [3.63, 3.8) is 0 Å². The van der Waals surface area contributed by atoms with Crippen molar-refractivity contribution in [3.8, 4) is 0 Å². The van der Waals surface area contributed by atoms with Crippen LogP contribution in [0.15, 0.2) is 53.9 Å². The second-order valence-corrected chi connectivity index (χ2v) is 4.79. The van der Waals surface area contributed by atoms with Gasteiger partial charge in [-0.15, -0.1) is 0 Å². The molecule has 0 saturated carbocycles. The summed E-state index contributed by atoms with van der Waals surface area (Å²) in [5.41, 5.74) is -0.896. The minimum atomic E-state index is -1.27. The average molecular weight is 347 g/mol. The van der Waals surface area contributed by atoms with Crippen LogP contribution < -0.4 is 4.90 Å². The zero-order valence-corrected chi connectivity index (χ0v) is 13.4. The third kappa shape index (κ3) is 3.57. The van der Waals surface area contributed by atoms with E-state index in [0.29, 0.717) is 0 Å². The number of carboxylic acid groups (broad SMARTS) is 1. The number of methoxy groups -OCH3 is 2. The second-order valence-electron chi connectivity index (χ2n) is 4.79. The number of rotatable bonds is 4. The molecule has 0 spiro atoms. The van der Waals surface area contributed by atoms with Crippen LogP contribution >= 0.6 is 0 Å². The van der Waals surface area contributed by atoms with Gasteiger partial charge in [0.2, 0.25) is 0 Å². The fraction of sp³-hybridized carbons (Fsp3) is 0.118. The second kappa shape index (κ2) is 7.43. The van der Waals surface area contributed by atoms with Gasteiger partial charge in [-0.3, -0.25) is 0 Å². The Balaban J connectivity index is 2.73. The quantitative estimate of drug-likeness (QED) is 0.833. The van der Waals surface area contributed by atoms with Crippen LogP contribution in [0, 0.1) is 5.82 Å². The Morgan fingerprint density at radius 2 is 1.76 bits per heavy atom. The van der Waals surface area contributed by atoms with Crippen molar-refractivity contribution < 1.29 is 33.4 Å². The number of carbonyl (C=O) groups is 3. The number of hydrogen-bond acceptors (Lipinski definition) is 6. The van der Waals surface area contributed by atoms with Gasteiger partial charge in [-0.25, -0.2) is 18.8 Å². The largest absolute Gasteiger partial charge is 0.478 e. The molecule has 0 unspecified atom stereocenters. The molecule has 0 atom stereocenters. The zero-order valence-electron chi connectivity index (χ0n) is 13.4. The normalized spacial score (nSPS) is 13.5. The molecule has 25 heavy (non-hydrogen) atoms. The van der Waals surface area contributed by atoms with Crippen molar-refractivity contribution in [2.24, 2.45) is 0 Å². The summed E-state index contributed by atoms with van der Waals surface area (Å²) in [6, 6.07) is 3.09. The minimum Gasteiger partial charge on any atom is -0.478 e. The minimum absolute atomic E-state index is 0.167. The number of anilines is 1. The molecule has 130 valence electrons. The van der Waals surface area contributed by atoms with Crippen LogP contribution in [0.1, 0.15) is 10.4 Å². The van der Waals surface area contributed by atoms with E-state index >= 15 is 0 Å². The third-order valence-corrected chi connectivity index (χ3v) is 3.34. The summed E-state index contributed by atoms with van der Waals surface area (Å²) in [7, 11) is 2.23. The Morgan fingerprint density at radius 3 is 2.36 bits per heavy atom. The standard InChI is InChI=1S/C17H14FNO6/c1-24-16(22)11-5-3-4-8-19(14(11)17(23)25-2)13-9-10(15(20)21)6-7-12(13)18/h3-9H,1-2H3,(H,20,21). The van der Waals surface area contributed by atoms with Gasteiger partial charge in [0.25, 0.3) is 0 Å². The molecule has 0 aliphatic carbocycles. The number of nitrogens with zero attached hydrogens (tertiary/aromatic N) is 1. The van der Waals surface area contributed by atoms with Crippen LogP contribution in [0.25, 0.3) is 0 Å². The maximum Gasteiger partial charge on any atom is 0.355 e. The lowest BCUT2D eigenvalue weighted by Crippen LogP contribution is -2.27. The maximum atomic E-state index is 14.3. The fourth-order valence-corrected chi connectivity index (χ4v) is 2.18. The Bertz CT molecular complexity index is 824. The zero-order chi connectivity index (χ0) is 18.6. The van der Waals surface area contributed by atoms with Gasteiger partial charge in [-0.1, -0.05) is 6.08 Å². The maximum absolute atomic E-state index is 14.3. The van der Waals surface area contributed by atoms with Gasteiger partial charge in [0, 0.05) is 6.20 Å². The van der Waals surface area contributed by atoms with Crippen LogP contribution in [-0.2, 0) is 19.1 Å². The molecule has 0 radical (unpaired) electrons. The van der Waals surface area contributed by atoms with Gasteiger partial charge in [-0.2, -0.15) is 0 Å². The lowest BCUT2D eigenvalue weighted by Gasteiger charge is -2.23. The summed E-state index contributed by atoms with van der Waals surface area (Å²) in [6.45, 7) is 0. The molecular formula is C17H14FNO6. The molecule has 2 rings (SSSR count). The van der Waals surface area contributed by atoms with Gasteiger partial charge in [0.05, 0.1) is 31.0 Å². The average Bonchev–Trinajstić information content (AvgIpc) is 2.83. The fourth-order valence-electron chi connectivity index (χ4n) is 2.18. The number of ether oxygens (including phenoxy) is 2. The predicted octanol–water partition coefficient (Wildman–Crippen LogP) is 2.01. The third-order valence-electron chi connectivity index (χ3n) is 3.34. The smallest absolute Gasteiger partial charge is 0.355 e. The topological polar surface area (TPSA) is 93.1 Å². The van der Waals surface area contributed by atoms with Crippen LogP contribution in [0.3, 0.4) is 0 Å². The first-order valence-corrected chi connectivity index (χ1v) is 6.98. The Morgan fingerprint density at radius 1 is 1.08 bits per heavy atom. The van der Waals surface area contributed by atoms with E-state index < -0.39 is 23.7 Å². The van der Waals surface area contributed by atoms with Gasteiger partial charge in [0.1, 0.15) is 11.5 Å². The van der Waals surface area contributed by atoms with E-state index in [0.717, 1.165) is 37.3 Å². The molecule has 1 aromatic carbocycles.